The molecule has 10 heteroatoms. The molecule has 0 saturated carbocycles. The molecule has 1 atom stereocenters. The van der Waals surface area contributed by atoms with Crippen molar-refractivity contribution in [3.05, 3.63) is 23.8 Å². The summed E-state index contributed by atoms with van der Waals surface area (Å²) in [5.74, 6) is 1.52. The van der Waals surface area contributed by atoms with Gasteiger partial charge in [0.05, 0.1) is 26.9 Å². The summed E-state index contributed by atoms with van der Waals surface area (Å²) in [7, 11) is 3.11. The number of aliphatic hydroxyl groups is 1. The maximum absolute atomic E-state index is 12.1. The van der Waals surface area contributed by atoms with Crippen molar-refractivity contribution in [3.63, 3.8) is 0 Å². The molecule has 0 spiro atoms. The lowest BCUT2D eigenvalue weighted by atomic mass is 10.1. The summed E-state index contributed by atoms with van der Waals surface area (Å²) in [4.78, 5) is 20.0. The van der Waals surface area contributed by atoms with Gasteiger partial charge in [-0.15, -0.1) is 24.0 Å². The van der Waals surface area contributed by atoms with E-state index in [1.165, 1.54) is 0 Å². The number of hydrogen-bond acceptors (Lipinski definition) is 6. The van der Waals surface area contributed by atoms with Gasteiger partial charge in [0.2, 0.25) is 0 Å². The highest BCUT2D eigenvalue weighted by Crippen LogP contribution is 2.26. The maximum Gasteiger partial charge on any atom is 0.410 e. The lowest BCUT2D eigenvalue weighted by molar-refractivity contribution is 0.0186. The Labute approximate surface area is 195 Å². The molecule has 1 unspecified atom stereocenters. The molecule has 1 aliphatic heterocycles. The maximum atomic E-state index is 12.1. The first-order valence-corrected chi connectivity index (χ1v) is 9.56. The van der Waals surface area contributed by atoms with Gasteiger partial charge >= 0.3 is 6.09 Å². The third-order valence-electron chi connectivity index (χ3n) is 4.44. The van der Waals surface area contributed by atoms with Crippen molar-refractivity contribution < 1.29 is 24.1 Å². The Morgan fingerprint density at radius 3 is 2.07 bits per heavy atom. The first kappa shape index (κ1) is 26.1. The second-order valence-electron chi connectivity index (χ2n) is 7.82. The van der Waals surface area contributed by atoms with Crippen LogP contribution in [0.5, 0.6) is 11.5 Å². The smallest absolute Gasteiger partial charge is 0.410 e. The highest BCUT2D eigenvalue weighted by atomic mass is 127. The van der Waals surface area contributed by atoms with Crippen molar-refractivity contribution in [1.29, 1.82) is 0 Å². The SMILES string of the molecule is COc1cc(OC)cc(C(O)CN=C(N)N2CCN(C(=O)OC(C)(C)C)CC2)c1.I. The molecular weight excluding hydrogens is 503 g/mol. The number of methoxy groups -OCH3 is 2. The van der Waals surface area contributed by atoms with Crippen LogP contribution in [-0.4, -0.2) is 79.5 Å². The Kier molecular flexibility index (Phi) is 9.95. The van der Waals surface area contributed by atoms with E-state index in [1.807, 2.05) is 25.7 Å². The molecule has 1 amide bonds. The van der Waals surface area contributed by atoms with E-state index in [-0.39, 0.29) is 36.6 Å². The van der Waals surface area contributed by atoms with Gasteiger partial charge in [-0.2, -0.15) is 0 Å². The van der Waals surface area contributed by atoms with Gasteiger partial charge in [0.1, 0.15) is 17.1 Å². The van der Waals surface area contributed by atoms with Crippen molar-refractivity contribution in [2.24, 2.45) is 10.7 Å². The molecule has 0 aromatic heterocycles. The fourth-order valence-electron chi connectivity index (χ4n) is 2.85. The van der Waals surface area contributed by atoms with E-state index in [0.717, 1.165) is 0 Å². The number of ether oxygens (including phenoxy) is 3. The summed E-state index contributed by atoms with van der Waals surface area (Å²) < 4.78 is 15.8. The Morgan fingerprint density at radius 1 is 1.10 bits per heavy atom. The molecule has 0 aliphatic carbocycles. The van der Waals surface area contributed by atoms with Crippen molar-refractivity contribution in [3.8, 4) is 11.5 Å². The average Bonchev–Trinajstić information content (AvgIpc) is 2.70. The molecule has 0 radical (unpaired) electrons. The quantitative estimate of drug-likeness (QED) is 0.338. The number of piperazine rings is 1. The zero-order chi connectivity index (χ0) is 21.6. The third-order valence-corrected chi connectivity index (χ3v) is 4.44. The Hall–Kier alpha value is -1.95. The van der Waals surface area contributed by atoms with E-state index in [4.69, 9.17) is 19.9 Å². The highest BCUT2D eigenvalue weighted by Gasteiger charge is 2.26. The van der Waals surface area contributed by atoms with E-state index in [9.17, 15) is 9.90 Å². The van der Waals surface area contributed by atoms with Crippen LogP contribution in [0.15, 0.2) is 23.2 Å². The van der Waals surface area contributed by atoms with E-state index in [2.05, 4.69) is 4.99 Å². The standard InChI is InChI=1S/C20H32N4O5.HI/c1-20(2,3)29-19(26)24-8-6-23(7-9-24)18(21)22-13-17(25)14-10-15(27-4)12-16(11-14)28-5;/h10-12,17,25H,6-9,13H2,1-5H3,(H2,21,22);1H. The molecule has 0 bridgehead atoms. The normalized spacial score (nSPS) is 15.9. The molecule has 2 rings (SSSR count). The molecule has 9 nitrogen and oxygen atoms in total. The minimum absolute atomic E-state index is 0. The number of nitrogens with zero attached hydrogens (tertiary/aromatic N) is 3. The molecule has 1 saturated heterocycles. The second-order valence-corrected chi connectivity index (χ2v) is 7.82. The number of halogens is 1. The van der Waals surface area contributed by atoms with Crippen LogP contribution in [0.25, 0.3) is 0 Å². The number of aliphatic imine (C=N–C) groups is 1. The number of aliphatic hydroxyl groups excluding tert-OH is 1. The zero-order valence-corrected chi connectivity index (χ0v) is 20.6. The predicted octanol–water partition coefficient (Wildman–Crippen LogP) is 2.22. The van der Waals surface area contributed by atoms with E-state index >= 15 is 0 Å². The number of amides is 1. The topological polar surface area (TPSA) is 110 Å². The average molecular weight is 536 g/mol. The number of carbonyl (C=O) groups excluding carboxylic acids is 1. The number of guanidine groups is 1. The first-order chi connectivity index (χ1) is 13.6. The molecule has 1 heterocycles. The van der Waals surface area contributed by atoms with Gasteiger partial charge in [-0.1, -0.05) is 0 Å². The minimum Gasteiger partial charge on any atom is -0.497 e. The first-order valence-electron chi connectivity index (χ1n) is 9.56. The van der Waals surface area contributed by atoms with E-state index in [1.54, 1.807) is 37.3 Å². The summed E-state index contributed by atoms with van der Waals surface area (Å²) in [6, 6.07) is 5.20. The van der Waals surface area contributed by atoms with Gasteiger partial charge in [0.25, 0.3) is 0 Å². The molecule has 1 aliphatic rings. The van der Waals surface area contributed by atoms with Gasteiger partial charge in [-0.25, -0.2) is 4.79 Å². The molecule has 3 N–H and O–H groups in total. The lowest BCUT2D eigenvalue weighted by Crippen LogP contribution is -2.53. The molecule has 1 fully saturated rings. The highest BCUT2D eigenvalue weighted by molar-refractivity contribution is 14.0. The molecule has 1 aromatic rings. The van der Waals surface area contributed by atoms with Crippen molar-refractivity contribution in [2.45, 2.75) is 32.5 Å². The largest absolute Gasteiger partial charge is 0.497 e. The fraction of sp³-hybridized carbons (Fsp3) is 0.600. The van der Waals surface area contributed by atoms with Gasteiger partial charge < -0.3 is 34.9 Å². The summed E-state index contributed by atoms with van der Waals surface area (Å²) in [5.41, 5.74) is 6.20. The number of rotatable bonds is 5. The van der Waals surface area contributed by atoms with Crippen LogP contribution in [0.1, 0.15) is 32.4 Å². The lowest BCUT2D eigenvalue weighted by Gasteiger charge is -2.36. The van der Waals surface area contributed by atoms with Crippen LogP contribution in [0.2, 0.25) is 0 Å². The Morgan fingerprint density at radius 2 is 1.60 bits per heavy atom. The van der Waals surface area contributed by atoms with Crippen molar-refractivity contribution in [2.75, 3.05) is 46.9 Å². The Bertz CT molecular complexity index is 708. The van der Waals surface area contributed by atoms with Gasteiger partial charge in [-0.05, 0) is 38.5 Å². The van der Waals surface area contributed by atoms with E-state index < -0.39 is 11.7 Å². The van der Waals surface area contributed by atoms with Crippen LogP contribution in [0.4, 0.5) is 4.79 Å². The predicted molar refractivity (Wildman–Crippen MR) is 126 cm³/mol. The van der Waals surface area contributed by atoms with E-state index in [0.29, 0.717) is 49.2 Å². The Balaban J connectivity index is 0.00000450. The number of nitrogens with two attached hydrogens (primary N) is 1. The summed E-state index contributed by atoms with van der Waals surface area (Å²) in [6.07, 6.45) is -1.17. The van der Waals surface area contributed by atoms with Crippen LogP contribution in [0, 0.1) is 0 Å². The second kappa shape index (κ2) is 11.4. The van der Waals surface area contributed by atoms with Crippen LogP contribution in [-0.2, 0) is 4.74 Å². The van der Waals surface area contributed by atoms with Crippen molar-refractivity contribution in [1.82, 2.24) is 9.80 Å². The fourth-order valence-corrected chi connectivity index (χ4v) is 2.85. The molecule has 170 valence electrons. The summed E-state index contributed by atoms with van der Waals surface area (Å²) in [5, 5.41) is 10.5. The molecule has 1 aromatic carbocycles. The number of carbonyl (C=O) groups is 1. The minimum atomic E-state index is -0.847. The summed E-state index contributed by atoms with van der Waals surface area (Å²) >= 11 is 0. The van der Waals surface area contributed by atoms with Crippen molar-refractivity contribution >= 4 is 36.0 Å². The van der Waals surface area contributed by atoms with Crippen LogP contribution < -0.4 is 15.2 Å². The van der Waals surface area contributed by atoms with Gasteiger partial charge in [0.15, 0.2) is 5.96 Å². The van der Waals surface area contributed by atoms with Crippen LogP contribution in [0.3, 0.4) is 0 Å². The molecular formula is C20H33IN4O5. The molecule has 30 heavy (non-hydrogen) atoms. The van der Waals surface area contributed by atoms with Crippen LogP contribution >= 0.6 is 24.0 Å². The van der Waals surface area contributed by atoms with Gasteiger partial charge in [-0.3, -0.25) is 4.99 Å². The summed E-state index contributed by atoms with van der Waals surface area (Å²) in [6.45, 7) is 7.74. The monoisotopic (exact) mass is 536 g/mol. The number of hydrogen-bond donors (Lipinski definition) is 2. The third kappa shape index (κ3) is 7.71. The zero-order valence-electron chi connectivity index (χ0n) is 18.3. The number of benzene rings is 1. The van der Waals surface area contributed by atoms with Gasteiger partial charge in [0, 0.05) is 32.2 Å².